The van der Waals surface area contributed by atoms with Gasteiger partial charge in [-0.05, 0) is 24.5 Å². The lowest BCUT2D eigenvalue weighted by Gasteiger charge is -2.23. The summed E-state index contributed by atoms with van der Waals surface area (Å²) in [7, 11) is 1.40. The van der Waals surface area contributed by atoms with E-state index in [2.05, 4.69) is 9.72 Å². The van der Waals surface area contributed by atoms with Crippen molar-refractivity contribution >= 4 is 17.8 Å². The normalized spacial score (nSPS) is 16.3. The smallest absolute Gasteiger partial charge is 0.308 e. The van der Waals surface area contributed by atoms with Gasteiger partial charge in [0, 0.05) is 32.2 Å². The highest BCUT2D eigenvalue weighted by Crippen LogP contribution is 2.29. The van der Waals surface area contributed by atoms with E-state index in [1.807, 2.05) is 67.6 Å². The number of primary amides is 1. The number of benzene rings is 2. The molecule has 1 aromatic heterocycles. The number of aliphatic hydroxyl groups excluding tert-OH is 1. The number of methoxy groups -OCH3 is 1. The molecule has 1 aliphatic heterocycles. The van der Waals surface area contributed by atoms with Crippen LogP contribution in [-0.4, -0.2) is 67.3 Å². The van der Waals surface area contributed by atoms with Gasteiger partial charge in [0.05, 0.1) is 39.5 Å². The lowest BCUT2D eigenvalue weighted by atomic mass is 10.1. The largest absolute Gasteiger partial charge is 0.493 e. The number of nitrogens with zero attached hydrogens (tertiary/aromatic N) is 1. The summed E-state index contributed by atoms with van der Waals surface area (Å²) in [5.74, 6) is -1.14. The predicted molar refractivity (Wildman–Crippen MR) is 164 cm³/mol. The molecule has 0 aliphatic carbocycles. The number of nitrogens with two attached hydrogens (primary N) is 1. The molecule has 12 nitrogen and oxygen atoms in total. The van der Waals surface area contributed by atoms with Gasteiger partial charge in [0.2, 0.25) is 6.79 Å². The van der Waals surface area contributed by atoms with E-state index in [4.69, 9.17) is 34.5 Å². The second-order valence-corrected chi connectivity index (χ2v) is 9.70. The van der Waals surface area contributed by atoms with E-state index in [1.54, 1.807) is 0 Å². The van der Waals surface area contributed by atoms with Gasteiger partial charge >= 0.3 is 11.9 Å². The molecule has 0 bridgehead atoms. The highest BCUT2D eigenvalue weighted by molar-refractivity contribution is 5.94. The second kappa shape index (κ2) is 21.2. The van der Waals surface area contributed by atoms with Crippen molar-refractivity contribution in [1.82, 2.24) is 4.98 Å². The van der Waals surface area contributed by atoms with Crippen LogP contribution in [-0.2, 0) is 41.8 Å². The van der Waals surface area contributed by atoms with Crippen molar-refractivity contribution in [3.05, 3.63) is 89.7 Å². The van der Waals surface area contributed by atoms with Crippen molar-refractivity contribution in [2.75, 3.05) is 27.1 Å². The summed E-state index contributed by atoms with van der Waals surface area (Å²) in [4.78, 5) is 36.9. The third-order valence-electron chi connectivity index (χ3n) is 6.10. The quantitative estimate of drug-likeness (QED) is 0.261. The fourth-order valence-corrected chi connectivity index (χ4v) is 3.89. The van der Waals surface area contributed by atoms with Crippen LogP contribution in [0.15, 0.2) is 72.9 Å². The molecule has 0 radical (unpaired) electrons. The van der Waals surface area contributed by atoms with Gasteiger partial charge in [0.15, 0.2) is 17.2 Å². The van der Waals surface area contributed by atoms with Crippen LogP contribution < -0.4 is 15.2 Å². The zero-order valence-corrected chi connectivity index (χ0v) is 25.9. The minimum atomic E-state index is -0.762. The van der Waals surface area contributed by atoms with E-state index in [-0.39, 0.29) is 48.8 Å². The molecule has 1 aliphatic rings. The number of carbonyl (C=O) groups excluding carboxylic acids is 3. The third-order valence-corrected chi connectivity index (χ3v) is 6.10. The van der Waals surface area contributed by atoms with Crippen molar-refractivity contribution < 1.29 is 47.9 Å². The zero-order valence-electron chi connectivity index (χ0n) is 25.9. The third kappa shape index (κ3) is 15.2. The topological polar surface area (TPSA) is 166 Å². The van der Waals surface area contributed by atoms with Gasteiger partial charge in [-0.1, -0.05) is 60.7 Å². The van der Waals surface area contributed by atoms with Crippen LogP contribution in [0.5, 0.6) is 11.5 Å². The SMILES string of the molecule is CC1CC(OCc2ccccc2)CCOCCC(=O)O1.COc1ccnc(C(N)=O)c1OCOC(C)=O.OCc1ccccc1. The summed E-state index contributed by atoms with van der Waals surface area (Å²) in [6.07, 6.45) is 3.17. The van der Waals surface area contributed by atoms with Crippen molar-refractivity contribution in [2.24, 2.45) is 5.73 Å². The van der Waals surface area contributed by atoms with Crippen molar-refractivity contribution in [3.8, 4) is 11.5 Å². The van der Waals surface area contributed by atoms with Crippen LogP contribution >= 0.6 is 0 Å². The van der Waals surface area contributed by atoms with Crippen LogP contribution in [0.3, 0.4) is 0 Å². The lowest BCUT2D eigenvalue weighted by molar-refractivity contribution is -0.153. The van der Waals surface area contributed by atoms with Gasteiger partial charge in [-0.25, -0.2) is 4.98 Å². The molecule has 3 N–H and O–H groups in total. The Morgan fingerprint density at radius 3 is 2.27 bits per heavy atom. The molecule has 0 saturated carbocycles. The highest BCUT2D eigenvalue weighted by atomic mass is 16.7. The number of carbonyl (C=O) groups is 3. The average molecular weight is 627 g/mol. The summed E-state index contributed by atoms with van der Waals surface area (Å²) >= 11 is 0. The van der Waals surface area contributed by atoms with E-state index in [9.17, 15) is 14.4 Å². The van der Waals surface area contributed by atoms with Crippen LogP contribution in [0.2, 0.25) is 0 Å². The van der Waals surface area contributed by atoms with Gasteiger partial charge in [-0.3, -0.25) is 14.4 Å². The van der Waals surface area contributed by atoms with E-state index in [1.165, 1.54) is 26.3 Å². The molecule has 244 valence electrons. The molecule has 4 rings (SSSR count). The van der Waals surface area contributed by atoms with Crippen molar-refractivity contribution in [1.29, 1.82) is 0 Å². The van der Waals surface area contributed by atoms with Crippen LogP contribution in [0.1, 0.15) is 54.7 Å². The van der Waals surface area contributed by atoms with E-state index in [0.717, 1.165) is 17.5 Å². The Bertz CT molecular complexity index is 1290. The number of pyridine rings is 1. The fraction of sp³-hybridized carbons (Fsp3) is 0.394. The molecule has 2 heterocycles. The summed E-state index contributed by atoms with van der Waals surface area (Å²) in [5.41, 5.74) is 7.15. The van der Waals surface area contributed by atoms with Gasteiger partial charge < -0.3 is 39.3 Å². The average Bonchev–Trinajstić information content (AvgIpc) is 3.04. The first kappa shape index (κ1) is 36.7. The predicted octanol–water partition coefficient (Wildman–Crippen LogP) is 3.97. The number of hydrogen-bond donors (Lipinski definition) is 2. The molecule has 1 amide bonds. The van der Waals surface area contributed by atoms with Crippen LogP contribution in [0, 0.1) is 0 Å². The Labute approximate surface area is 263 Å². The molecule has 0 spiro atoms. The molecule has 1 saturated heterocycles. The first-order valence-corrected chi connectivity index (χ1v) is 14.4. The number of rotatable bonds is 9. The maximum absolute atomic E-state index is 11.5. The van der Waals surface area contributed by atoms with E-state index >= 15 is 0 Å². The van der Waals surface area contributed by atoms with E-state index < -0.39 is 11.9 Å². The first-order valence-electron chi connectivity index (χ1n) is 14.4. The summed E-state index contributed by atoms with van der Waals surface area (Å²) in [6.45, 7) is 4.57. The molecule has 1 fully saturated rings. The Hall–Kier alpha value is -4.52. The monoisotopic (exact) mass is 626 g/mol. The highest BCUT2D eigenvalue weighted by Gasteiger charge is 2.19. The zero-order chi connectivity index (χ0) is 32.9. The number of aliphatic hydroxyl groups is 1. The summed E-state index contributed by atoms with van der Waals surface area (Å²) < 4.78 is 31.3. The number of esters is 2. The molecule has 12 heteroatoms. The van der Waals surface area contributed by atoms with Gasteiger partial charge in [-0.15, -0.1) is 0 Å². The van der Waals surface area contributed by atoms with Gasteiger partial charge in [-0.2, -0.15) is 0 Å². The molecular formula is C33H42N2O10. The van der Waals surface area contributed by atoms with Crippen LogP contribution in [0.4, 0.5) is 0 Å². The Balaban J connectivity index is 0.000000255. The Morgan fingerprint density at radius 2 is 1.69 bits per heavy atom. The number of hydrogen-bond acceptors (Lipinski definition) is 11. The molecule has 2 aromatic carbocycles. The van der Waals surface area contributed by atoms with Crippen LogP contribution in [0.25, 0.3) is 0 Å². The van der Waals surface area contributed by atoms with E-state index in [0.29, 0.717) is 32.7 Å². The second-order valence-electron chi connectivity index (χ2n) is 9.70. The molecule has 2 atom stereocenters. The molecule has 45 heavy (non-hydrogen) atoms. The number of ether oxygens (including phenoxy) is 6. The summed E-state index contributed by atoms with van der Waals surface area (Å²) in [5, 5.41) is 8.54. The Kier molecular flexibility index (Phi) is 17.3. The van der Waals surface area contributed by atoms with Crippen molar-refractivity contribution in [2.45, 2.75) is 58.5 Å². The lowest BCUT2D eigenvalue weighted by Crippen LogP contribution is -2.27. The first-order chi connectivity index (χ1) is 21.7. The minimum Gasteiger partial charge on any atom is -0.493 e. The fourth-order valence-electron chi connectivity index (χ4n) is 3.89. The number of amides is 1. The number of cyclic esters (lactones) is 1. The maximum Gasteiger partial charge on any atom is 0.308 e. The Morgan fingerprint density at radius 1 is 1.02 bits per heavy atom. The molecule has 2 unspecified atom stereocenters. The summed E-state index contributed by atoms with van der Waals surface area (Å²) in [6, 6.07) is 21.1. The minimum absolute atomic E-state index is 0.0451. The van der Waals surface area contributed by atoms with Gasteiger partial charge in [0.25, 0.3) is 5.91 Å². The maximum atomic E-state index is 11.5. The molecular weight excluding hydrogens is 584 g/mol. The number of aromatic nitrogens is 1. The van der Waals surface area contributed by atoms with Gasteiger partial charge in [0.1, 0.15) is 6.10 Å². The standard InChI is InChI=1S/C16H22O4.C10H12N2O5.C7H8O/c1-13-11-15(7-9-18-10-8-16(17)20-13)19-12-14-5-3-2-4-6-14;1-6(13)16-5-17-9-7(15-2)3-4-12-8(9)10(11)14;8-6-7-4-2-1-3-5-7/h2-6,13,15H,7-12H2,1H3;3-4H,5H2,1-2H3,(H2,11,14);1-5,8H,6H2. The molecule has 3 aromatic rings. The van der Waals surface area contributed by atoms with Crippen molar-refractivity contribution in [3.63, 3.8) is 0 Å².